The summed E-state index contributed by atoms with van der Waals surface area (Å²) in [4.78, 5) is 28.8. The molecule has 0 saturated carbocycles. The second-order valence-corrected chi connectivity index (χ2v) is 7.13. The summed E-state index contributed by atoms with van der Waals surface area (Å²) >= 11 is 0. The van der Waals surface area contributed by atoms with E-state index in [1.54, 1.807) is 16.9 Å². The van der Waals surface area contributed by atoms with E-state index in [9.17, 15) is 9.59 Å². The number of aryl methyl sites for hydroxylation is 1. The van der Waals surface area contributed by atoms with Gasteiger partial charge in [0.1, 0.15) is 0 Å². The normalized spacial score (nSPS) is 11.2. The molecule has 0 fully saturated rings. The van der Waals surface area contributed by atoms with E-state index in [-0.39, 0.29) is 30.3 Å². The summed E-state index contributed by atoms with van der Waals surface area (Å²) in [5.41, 5.74) is 1.05. The van der Waals surface area contributed by atoms with Gasteiger partial charge in [0.05, 0.1) is 19.7 Å². The number of nitrogens with zero attached hydrogens (tertiary/aromatic N) is 3. The van der Waals surface area contributed by atoms with Crippen molar-refractivity contribution in [3.05, 3.63) is 24.0 Å². The largest absolute Gasteiger partial charge is 0.383 e. The Morgan fingerprint density at radius 3 is 2.36 bits per heavy atom. The van der Waals surface area contributed by atoms with E-state index < -0.39 is 0 Å². The number of methoxy groups -OCH3 is 1. The minimum absolute atomic E-state index is 0.00508. The first-order valence-corrected chi connectivity index (χ1v) is 8.92. The summed E-state index contributed by atoms with van der Waals surface area (Å²) in [5, 5.41) is 0. The van der Waals surface area contributed by atoms with Gasteiger partial charge in [-0.15, -0.1) is 0 Å². The fourth-order valence-electron chi connectivity index (χ4n) is 2.62. The van der Waals surface area contributed by atoms with Crippen molar-refractivity contribution in [1.29, 1.82) is 0 Å². The molecule has 142 valence electrons. The fraction of sp³-hybridized carbons (Fsp3) is 0.684. The Morgan fingerprint density at radius 2 is 1.88 bits per heavy atom. The monoisotopic (exact) mass is 351 g/mol. The van der Waals surface area contributed by atoms with Crippen LogP contribution in [-0.4, -0.2) is 59.0 Å². The highest BCUT2D eigenvalue weighted by atomic mass is 16.5. The van der Waals surface area contributed by atoms with Crippen molar-refractivity contribution in [3.8, 4) is 0 Å². The zero-order chi connectivity index (χ0) is 19.0. The summed E-state index contributed by atoms with van der Waals surface area (Å²) in [6, 6.07) is 3.95. The molecule has 0 atom stereocenters. The molecule has 0 radical (unpaired) electrons. The van der Waals surface area contributed by atoms with Crippen LogP contribution >= 0.6 is 0 Å². The van der Waals surface area contributed by atoms with Gasteiger partial charge in [-0.3, -0.25) is 9.59 Å². The van der Waals surface area contributed by atoms with Crippen molar-refractivity contribution in [2.45, 2.75) is 46.7 Å². The molecule has 0 aliphatic rings. The van der Waals surface area contributed by atoms with E-state index in [4.69, 9.17) is 4.74 Å². The molecule has 0 saturated heterocycles. The lowest BCUT2D eigenvalue weighted by molar-refractivity contribution is -0.143. The van der Waals surface area contributed by atoms with E-state index in [2.05, 4.69) is 0 Å². The lowest BCUT2D eigenvalue weighted by Gasteiger charge is -2.30. The van der Waals surface area contributed by atoms with Gasteiger partial charge in [-0.25, -0.2) is 0 Å². The van der Waals surface area contributed by atoms with Crippen LogP contribution in [0, 0.1) is 5.92 Å². The van der Waals surface area contributed by atoms with Gasteiger partial charge in [0.15, 0.2) is 0 Å². The maximum Gasteiger partial charge on any atom is 0.242 e. The Kier molecular flexibility index (Phi) is 8.69. The zero-order valence-corrected chi connectivity index (χ0v) is 16.5. The molecule has 0 spiro atoms. The van der Waals surface area contributed by atoms with Crippen LogP contribution in [0.15, 0.2) is 18.3 Å². The van der Waals surface area contributed by atoms with Crippen molar-refractivity contribution < 1.29 is 14.3 Å². The number of ether oxygens (including phenoxy) is 1. The number of hydrogen-bond acceptors (Lipinski definition) is 3. The number of carbonyl (C=O) groups excluding carboxylic acids is 2. The lowest BCUT2D eigenvalue weighted by Crippen LogP contribution is -2.46. The molecule has 1 heterocycles. The molecule has 6 nitrogen and oxygen atoms in total. The van der Waals surface area contributed by atoms with Gasteiger partial charge in [0.25, 0.3) is 0 Å². The Hall–Kier alpha value is -1.82. The van der Waals surface area contributed by atoms with E-state index in [1.807, 2.05) is 57.6 Å². The maximum atomic E-state index is 12.9. The van der Waals surface area contributed by atoms with Gasteiger partial charge in [-0.1, -0.05) is 13.8 Å². The number of amides is 2. The molecule has 25 heavy (non-hydrogen) atoms. The van der Waals surface area contributed by atoms with Crippen molar-refractivity contribution in [2.24, 2.45) is 13.0 Å². The zero-order valence-electron chi connectivity index (χ0n) is 16.5. The third kappa shape index (κ3) is 6.90. The summed E-state index contributed by atoms with van der Waals surface area (Å²) < 4.78 is 7.14. The van der Waals surface area contributed by atoms with Gasteiger partial charge < -0.3 is 19.1 Å². The Labute approximate surface area is 151 Å². The summed E-state index contributed by atoms with van der Waals surface area (Å²) in [5.74, 6) is 0.254. The van der Waals surface area contributed by atoms with Crippen molar-refractivity contribution in [2.75, 3.05) is 26.8 Å². The third-order valence-corrected chi connectivity index (χ3v) is 4.15. The molecule has 6 heteroatoms. The predicted molar refractivity (Wildman–Crippen MR) is 99.0 cm³/mol. The topological polar surface area (TPSA) is 54.8 Å². The van der Waals surface area contributed by atoms with Crippen LogP contribution < -0.4 is 0 Å². The van der Waals surface area contributed by atoms with E-state index in [0.29, 0.717) is 26.1 Å². The quantitative estimate of drug-likeness (QED) is 0.650. The Bertz CT molecular complexity index is 552. The fourth-order valence-corrected chi connectivity index (χ4v) is 2.62. The van der Waals surface area contributed by atoms with Crippen LogP contribution in [0.25, 0.3) is 0 Å². The Morgan fingerprint density at radius 1 is 1.20 bits per heavy atom. The van der Waals surface area contributed by atoms with Crippen molar-refractivity contribution >= 4 is 11.8 Å². The number of aromatic nitrogens is 1. The predicted octanol–water partition coefficient (Wildman–Crippen LogP) is 2.28. The molecule has 0 aliphatic carbocycles. The van der Waals surface area contributed by atoms with Gasteiger partial charge in [0.2, 0.25) is 11.8 Å². The first-order chi connectivity index (χ1) is 11.8. The summed E-state index contributed by atoms with van der Waals surface area (Å²) in [6.07, 6.45) is 2.42. The molecule has 1 aromatic rings. The molecule has 0 aliphatic heterocycles. The van der Waals surface area contributed by atoms with Crippen LogP contribution in [0.5, 0.6) is 0 Å². The molecule has 2 amide bonds. The van der Waals surface area contributed by atoms with Crippen molar-refractivity contribution in [1.82, 2.24) is 14.4 Å². The van der Waals surface area contributed by atoms with Gasteiger partial charge >= 0.3 is 0 Å². The Balaban J connectivity index is 2.83. The highest BCUT2D eigenvalue weighted by Gasteiger charge is 2.24. The van der Waals surface area contributed by atoms with Gasteiger partial charge in [-0.2, -0.15) is 0 Å². The number of rotatable bonds is 10. The standard InChI is InChI=1S/C19H33N3O3/c1-15(2)12-18(23)22(16(3)4)14-19(24)21(10-11-25-6)13-17-8-7-9-20(17)5/h7-9,15-16H,10-14H2,1-6H3. The van der Waals surface area contributed by atoms with Crippen LogP contribution in [0.3, 0.4) is 0 Å². The molecular weight excluding hydrogens is 318 g/mol. The highest BCUT2D eigenvalue weighted by Crippen LogP contribution is 2.11. The molecule has 0 bridgehead atoms. The second-order valence-electron chi connectivity index (χ2n) is 7.13. The van der Waals surface area contributed by atoms with Crippen LogP contribution in [0.4, 0.5) is 0 Å². The smallest absolute Gasteiger partial charge is 0.242 e. The maximum absolute atomic E-state index is 12.9. The molecule has 0 N–H and O–H groups in total. The SMILES string of the molecule is COCCN(Cc1cccn1C)C(=O)CN(C(=O)CC(C)C)C(C)C. The summed E-state index contributed by atoms with van der Waals surface area (Å²) in [7, 11) is 3.58. The molecular formula is C19H33N3O3. The van der Waals surface area contributed by atoms with Crippen LogP contribution in [0.2, 0.25) is 0 Å². The summed E-state index contributed by atoms with van der Waals surface area (Å²) in [6.45, 7) is 9.51. The molecule has 0 aromatic carbocycles. The highest BCUT2D eigenvalue weighted by molar-refractivity contribution is 5.85. The van der Waals surface area contributed by atoms with E-state index >= 15 is 0 Å². The minimum Gasteiger partial charge on any atom is -0.383 e. The van der Waals surface area contributed by atoms with E-state index in [1.165, 1.54) is 0 Å². The number of carbonyl (C=O) groups is 2. The van der Waals surface area contributed by atoms with E-state index in [0.717, 1.165) is 5.69 Å². The number of hydrogen-bond donors (Lipinski definition) is 0. The average Bonchev–Trinajstić information content (AvgIpc) is 2.92. The third-order valence-electron chi connectivity index (χ3n) is 4.15. The first kappa shape index (κ1) is 21.2. The molecule has 1 rings (SSSR count). The van der Waals surface area contributed by atoms with Gasteiger partial charge in [0, 0.05) is 45.1 Å². The van der Waals surface area contributed by atoms with Crippen molar-refractivity contribution in [3.63, 3.8) is 0 Å². The average molecular weight is 351 g/mol. The van der Waals surface area contributed by atoms with Crippen LogP contribution in [-0.2, 0) is 27.9 Å². The molecule has 0 unspecified atom stereocenters. The van der Waals surface area contributed by atoms with Crippen LogP contribution in [0.1, 0.15) is 39.8 Å². The second kappa shape index (κ2) is 10.2. The van der Waals surface area contributed by atoms with Gasteiger partial charge in [-0.05, 0) is 31.9 Å². The molecule has 1 aromatic heterocycles. The lowest BCUT2D eigenvalue weighted by atomic mass is 10.1. The minimum atomic E-state index is -0.0518. The first-order valence-electron chi connectivity index (χ1n) is 8.92.